The van der Waals surface area contributed by atoms with Crippen molar-refractivity contribution in [3.63, 3.8) is 0 Å². The Morgan fingerprint density at radius 3 is 3.00 bits per heavy atom. The lowest BCUT2D eigenvalue weighted by Crippen LogP contribution is -2.09. The number of aromatic nitrogens is 4. The maximum atomic E-state index is 12.2. The van der Waals surface area contributed by atoms with Crippen LogP contribution in [0, 0.1) is 6.92 Å². The first-order valence-corrected chi connectivity index (χ1v) is 9.30. The number of hydrogen-bond donors (Lipinski definition) is 1. The molecule has 0 spiro atoms. The molecule has 0 atom stereocenters. The molecule has 4 rings (SSSR count). The highest BCUT2D eigenvalue weighted by atomic mass is 32.1. The van der Waals surface area contributed by atoms with E-state index in [4.69, 9.17) is 4.42 Å². The number of fused-ring (bicyclic) bond motifs is 1. The van der Waals surface area contributed by atoms with Crippen molar-refractivity contribution >= 4 is 34.0 Å². The zero-order chi connectivity index (χ0) is 18.8. The van der Waals surface area contributed by atoms with E-state index in [0.29, 0.717) is 5.76 Å². The summed E-state index contributed by atoms with van der Waals surface area (Å²) < 4.78 is 6.96. The van der Waals surface area contributed by atoms with E-state index < -0.39 is 0 Å². The van der Waals surface area contributed by atoms with Gasteiger partial charge in [-0.1, -0.05) is 30.4 Å². The number of benzene rings is 1. The van der Waals surface area contributed by atoms with E-state index in [1.165, 1.54) is 17.4 Å². The minimum Gasteiger partial charge on any atom is -0.465 e. The first-order valence-electron chi connectivity index (χ1n) is 8.48. The Kier molecular flexibility index (Phi) is 4.55. The van der Waals surface area contributed by atoms with Gasteiger partial charge in [0.1, 0.15) is 10.8 Å². The summed E-state index contributed by atoms with van der Waals surface area (Å²) in [5.41, 5.74) is 2.63. The molecule has 0 saturated carbocycles. The van der Waals surface area contributed by atoms with Crippen molar-refractivity contribution < 1.29 is 9.21 Å². The number of anilines is 1. The molecule has 0 fully saturated rings. The molecule has 7 nitrogen and oxygen atoms in total. The van der Waals surface area contributed by atoms with Crippen molar-refractivity contribution in [3.8, 4) is 10.6 Å². The van der Waals surface area contributed by atoms with Crippen LogP contribution in [0.2, 0.25) is 0 Å². The molecular formula is C19H17N5O2S. The van der Waals surface area contributed by atoms with Gasteiger partial charge < -0.3 is 9.73 Å². The van der Waals surface area contributed by atoms with Gasteiger partial charge in [0.05, 0.1) is 6.26 Å². The van der Waals surface area contributed by atoms with Crippen molar-refractivity contribution in [1.82, 2.24) is 19.8 Å². The molecule has 0 radical (unpaired) electrons. The van der Waals surface area contributed by atoms with Crippen LogP contribution in [0.3, 0.4) is 0 Å². The van der Waals surface area contributed by atoms with E-state index in [2.05, 4.69) is 20.6 Å². The van der Waals surface area contributed by atoms with E-state index >= 15 is 0 Å². The summed E-state index contributed by atoms with van der Waals surface area (Å²) in [6, 6.07) is 9.43. The third-order valence-corrected chi connectivity index (χ3v) is 5.00. The van der Waals surface area contributed by atoms with Gasteiger partial charge in [-0.05, 0) is 36.8 Å². The zero-order valence-corrected chi connectivity index (χ0v) is 15.7. The van der Waals surface area contributed by atoms with Crippen molar-refractivity contribution in [2.45, 2.75) is 20.3 Å². The largest absolute Gasteiger partial charge is 0.465 e. The van der Waals surface area contributed by atoms with Gasteiger partial charge in [0.25, 0.3) is 0 Å². The minimum absolute atomic E-state index is 0.224. The molecule has 0 bridgehead atoms. The van der Waals surface area contributed by atoms with Crippen LogP contribution >= 0.6 is 11.3 Å². The lowest BCUT2D eigenvalue weighted by molar-refractivity contribution is -0.111. The average molecular weight is 379 g/mol. The molecule has 1 aromatic carbocycles. The molecule has 3 aromatic heterocycles. The summed E-state index contributed by atoms with van der Waals surface area (Å²) in [7, 11) is 0. The van der Waals surface area contributed by atoms with Crippen LogP contribution in [0.15, 0.2) is 47.1 Å². The Morgan fingerprint density at radius 1 is 1.33 bits per heavy atom. The summed E-state index contributed by atoms with van der Waals surface area (Å²) in [5, 5.41) is 16.6. The van der Waals surface area contributed by atoms with Crippen LogP contribution < -0.4 is 5.32 Å². The fourth-order valence-electron chi connectivity index (χ4n) is 2.60. The lowest BCUT2D eigenvalue weighted by atomic mass is 10.1. The van der Waals surface area contributed by atoms with Crippen molar-refractivity contribution in [1.29, 1.82) is 0 Å². The number of aryl methyl sites for hydroxylation is 2. The highest BCUT2D eigenvalue weighted by molar-refractivity contribution is 7.19. The van der Waals surface area contributed by atoms with Crippen LogP contribution in [0.25, 0.3) is 21.6 Å². The van der Waals surface area contributed by atoms with Crippen LogP contribution in [-0.4, -0.2) is 25.7 Å². The third kappa shape index (κ3) is 3.52. The van der Waals surface area contributed by atoms with Crippen LogP contribution in [-0.2, 0) is 11.2 Å². The zero-order valence-electron chi connectivity index (χ0n) is 14.8. The Hall–Kier alpha value is -3.26. The first-order chi connectivity index (χ1) is 13.1. The van der Waals surface area contributed by atoms with E-state index in [1.807, 2.05) is 32.0 Å². The lowest BCUT2D eigenvalue weighted by Gasteiger charge is -2.08. The SMILES string of the molecule is CCc1nnc2sc(-c3ccc(C)c(NC(=O)/C=C/c4ccco4)c3)nn12. The van der Waals surface area contributed by atoms with Gasteiger partial charge in [0.15, 0.2) is 5.82 Å². The number of nitrogens with zero attached hydrogens (tertiary/aromatic N) is 4. The maximum Gasteiger partial charge on any atom is 0.248 e. The first kappa shape index (κ1) is 17.2. The van der Waals surface area contributed by atoms with E-state index in [-0.39, 0.29) is 5.91 Å². The molecule has 1 N–H and O–H groups in total. The fourth-order valence-corrected chi connectivity index (χ4v) is 3.46. The summed E-state index contributed by atoms with van der Waals surface area (Å²) in [6.07, 6.45) is 5.41. The smallest absolute Gasteiger partial charge is 0.248 e. The predicted octanol–water partition coefficient (Wildman–Crippen LogP) is 3.97. The topological polar surface area (TPSA) is 85.3 Å². The molecule has 8 heteroatoms. The predicted molar refractivity (Wildman–Crippen MR) is 105 cm³/mol. The summed E-state index contributed by atoms with van der Waals surface area (Å²) in [4.78, 5) is 13.0. The van der Waals surface area contributed by atoms with Crippen molar-refractivity contribution in [2.75, 3.05) is 5.32 Å². The summed E-state index contributed by atoms with van der Waals surface area (Å²) in [6.45, 7) is 3.97. The number of nitrogens with one attached hydrogen (secondary N) is 1. The number of furan rings is 1. The normalized spacial score (nSPS) is 11.5. The van der Waals surface area contributed by atoms with E-state index in [0.717, 1.165) is 39.0 Å². The summed E-state index contributed by atoms with van der Waals surface area (Å²) >= 11 is 1.47. The van der Waals surface area contributed by atoms with Gasteiger partial charge in [-0.3, -0.25) is 4.79 Å². The van der Waals surface area contributed by atoms with Crippen molar-refractivity contribution in [2.24, 2.45) is 0 Å². The fraction of sp³-hybridized carbons (Fsp3) is 0.158. The molecule has 4 aromatic rings. The van der Waals surface area contributed by atoms with Gasteiger partial charge in [0.2, 0.25) is 10.9 Å². The number of amides is 1. The summed E-state index contributed by atoms with van der Waals surface area (Å²) in [5.74, 6) is 1.23. The molecule has 0 saturated heterocycles. The molecule has 136 valence electrons. The van der Waals surface area contributed by atoms with Crippen LogP contribution in [0.1, 0.15) is 24.1 Å². The quantitative estimate of drug-likeness (QED) is 0.530. The molecule has 0 unspecified atom stereocenters. The van der Waals surface area contributed by atoms with Crippen LogP contribution in [0.4, 0.5) is 5.69 Å². The molecule has 0 aliphatic carbocycles. The molecule has 3 heterocycles. The maximum absolute atomic E-state index is 12.2. The Morgan fingerprint density at radius 2 is 2.22 bits per heavy atom. The van der Waals surface area contributed by atoms with Crippen LogP contribution in [0.5, 0.6) is 0 Å². The third-order valence-electron chi connectivity index (χ3n) is 4.06. The Balaban J connectivity index is 1.58. The Bertz CT molecular complexity index is 1120. The number of hydrogen-bond acceptors (Lipinski definition) is 6. The van der Waals surface area contributed by atoms with Gasteiger partial charge in [-0.2, -0.15) is 9.61 Å². The minimum atomic E-state index is -0.224. The second-order valence-electron chi connectivity index (χ2n) is 5.94. The highest BCUT2D eigenvalue weighted by Gasteiger charge is 2.13. The molecular weight excluding hydrogens is 362 g/mol. The average Bonchev–Trinajstić information content (AvgIpc) is 3.38. The van der Waals surface area contributed by atoms with Gasteiger partial charge in [0, 0.05) is 23.7 Å². The number of rotatable bonds is 5. The number of carbonyl (C=O) groups excluding carboxylic acids is 1. The van der Waals surface area contributed by atoms with E-state index in [1.54, 1.807) is 29.0 Å². The standard InChI is InChI=1S/C19H17N5O2S/c1-3-16-21-22-19-24(16)23-18(27-19)13-7-6-12(2)15(11-13)20-17(25)9-8-14-5-4-10-26-14/h4-11H,3H2,1-2H3,(H,20,25)/b9-8+. The highest BCUT2D eigenvalue weighted by Crippen LogP contribution is 2.29. The van der Waals surface area contributed by atoms with E-state index in [9.17, 15) is 4.79 Å². The van der Waals surface area contributed by atoms with Crippen molar-refractivity contribution in [3.05, 3.63) is 59.8 Å². The van der Waals surface area contributed by atoms with Gasteiger partial charge in [-0.15, -0.1) is 10.2 Å². The van der Waals surface area contributed by atoms with Gasteiger partial charge in [-0.25, -0.2) is 0 Å². The second-order valence-corrected chi connectivity index (χ2v) is 6.90. The second kappa shape index (κ2) is 7.16. The Labute approximate surface area is 159 Å². The number of carbonyl (C=O) groups is 1. The molecule has 0 aliphatic heterocycles. The monoisotopic (exact) mass is 379 g/mol. The molecule has 0 aliphatic rings. The van der Waals surface area contributed by atoms with Gasteiger partial charge >= 0.3 is 0 Å². The molecule has 27 heavy (non-hydrogen) atoms. The molecule has 1 amide bonds.